The van der Waals surface area contributed by atoms with Gasteiger partial charge in [0, 0.05) is 19.3 Å². The van der Waals surface area contributed by atoms with Gasteiger partial charge in [-0.1, -0.05) is 19.8 Å². The lowest BCUT2D eigenvalue weighted by Gasteiger charge is -2.20. The minimum Gasteiger partial charge on any atom is -0.384 e. The summed E-state index contributed by atoms with van der Waals surface area (Å²) in [5.41, 5.74) is 6.19. The van der Waals surface area contributed by atoms with Crippen LogP contribution >= 0.6 is 0 Å². The van der Waals surface area contributed by atoms with Crippen LogP contribution in [0.1, 0.15) is 49.4 Å². The number of hydrogen-bond acceptors (Lipinski definition) is 3. The highest BCUT2D eigenvalue weighted by Crippen LogP contribution is 2.22. The molecule has 1 fully saturated rings. The van der Waals surface area contributed by atoms with Gasteiger partial charge in [0.2, 0.25) is 0 Å². The van der Waals surface area contributed by atoms with Crippen molar-refractivity contribution in [3.63, 3.8) is 0 Å². The summed E-state index contributed by atoms with van der Waals surface area (Å²) in [5, 5.41) is 0. The fourth-order valence-electron chi connectivity index (χ4n) is 2.78. The molecule has 1 aliphatic rings. The van der Waals surface area contributed by atoms with Crippen molar-refractivity contribution in [1.29, 1.82) is 0 Å². The maximum Gasteiger partial charge on any atom is 0.255 e. The zero-order valence-corrected chi connectivity index (χ0v) is 11.6. The molecule has 0 spiro atoms. The normalized spacial score (nSPS) is 20.1. The molecule has 4 nitrogen and oxygen atoms in total. The first-order valence-electron chi connectivity index (χ1n) is 7.21. The summed E-state index contributed by atoms with van der Waals surface area (Å²) in [7, 11) is 0. The standard InChI is InChI=1S/C15H23N3O/c1-2-4-12-5-3-9-18(10-8-12)15(19)13-6-7-14(16)17-11-13/h6-7,11-12H,2-5,8-10H2,1H3,(H2,16,17). The van der Waals surface area contributed by atoms with Crippen LogP contribution in [0.15, 0.2) is 18.3 Å². The molecule has 0 bridgehead atoms. The molecule has 19 heavy (non-hydrogen) atoms. The van der Waals surface area contributed by atoms with Crippen LogP contribution < -0.4 is 5.73 Å². The number of carbonyl (C=O) groups is 1. The molecule has 1 aromatic rings. The minimum absolute atomic E-state index is 0.0876. The highest BCUT2D eigenvalue weighted by atomic mass is 16.2. The summed E-state index contributed by atoms with van der Waals surface area (Å²) >= 11 is 0. The SMILES string of the molecule is CCCC1CCCN(C(=O)c2ccc(N)nc2)CC1. The molecule has 0 aliphatic carbocycles. The molecule has 2 N–H and O–H groups in total. The van der Waals surface area contributed by atoms with Crippen molar-refractivity contribution in [3.8, 4) is 0 Å². The Morgan fingerprint density at radius 2 is 2.26 bits per heavy atom. The molecule has 0 aromatic carbocycles. The van der Waals surface area contributed by atoms with Crippen LogP contribution in [-0.2, 0) is 0 Å². The van der Waals surface area contributed by atoms with Crippen molar-refractivity contribution in [2.45, 2.75) is 39.0 Å². The summed E-state index contributed by atoms with van der Waals surface area (Å²) in [5.74, 6) is 1.33. The molecule has 1 atom stereocenters. The van der Waals surface area contributed by atoms with Gasteiger partial charge in [-0.3, -0.25) is 4.79 Å². The van der Waals surface area contributed by atoms with Gasteiger partial charge in [0.1, 0.15) is 5.82 Å². The Balaban J connectivity index is 1.98. The van der Waals surface area contributed by atoms with Gasteiger partial charge in [-0.05, 0) is 37.3 Å². The Bertz CT molecular complexity index is 416. The van der Waals surface area contributed by atoms with Crippen molar-refractivity contribution in [2.75, 3.05) is 18.8 Å². The summed E-state index contributed by atoms with van der Waals surface area (Å²) in [6, 6.07) is 3.45. The number of nitrogens with two attached hydrogens (primary N) is 1. The van der Waals surface area contributed by atoms with Gasteiger partial charge >= 0.3 is 0 Å². The quantitative estimate of drug-likeness (QED) is 0.910. The fraction of sp³-hybridized carbons (Fsp3) is 0.600. The topological polar surface area (TPSA) is 59.2 Å². The molecular weight excluding hydrogens is 238 g/mol. The van der Waals surface area contributed by atoms with Crippen LogP contribution in [0.3, 0.4) is 0 Å². The summed E-state index contributed by atoms with van der Waals surface area (Å²) < 4.78 is 0. The zero-order valence-electron chi connectivity index (χ0n) is 11.6. The number of nitrogen functional groups attached to an aromatic ring is 1. The second-order valence-electron chi connectivity index (χ2n) is 5.35. The van der Waals surface area contributed by atoms with E-state index in [0.717, 1.165) is 31.8 Å². The molecule has 0 radical (unpaired) electrons. The summed E-state index contributed by atoms with van der Waals surface area (Å²) in [6.45, 7) is 3.96. The molecule has 1 unspecified atom stereocenters. The van der Waals surface area contributed by atoms with Crippen molar-refractivity contribution in [3.05, 3.63) is 23.9 Å². The summed E-state index contributed by atoms with van der Waals surface area (Å²) in [4.78, 5) is 18.3. The predicted molar refractivity (Wildman–Crippen MR) is 76.8 cm³/mol. The van der Waals surface area contributed by atoms with Crippen LogP contribution in [0, 0.1) is 5.92 Å². The van der Waals surface area contributed by atoms with E-state index in [9.17, 15) is 4.79 Å². The highest BCUT2D eigenvalue weighted by molar-refractivity contribution is 5.94. The van der Waals surface area contributed by atoms with E-state index < -0.39 is 0 Å². The number of aromatic nitrogens is 1. The second-order valence-corrected chi connectivity index (χ2v) is 5.35. The van der Waals surface area contributed by atoms with Gasteiger partial charge < -0.3 is 10.6 Å². The molecule has 4 heteroatoms. The van der Waals surface area contributed by atoms with Crippen LogP contribution in [0.5, 0.6) is 0 Å². The third-order valence-corrected chi connectivity index (χ3v) is 3.87. The molecule has 2 heterocycles. The lowest BCUT2D eigenvalue weighted by molar-refractivity contribution is 0.0759. The van der Waals surface area contributed by atoms with E-state index >= 15 is 0 Å². The average Bonchev–Trinajstić information content (AvgIpc) is 2.65. The van der Waals surface area contributed by atoms with Crippen LogP contribution in [0.2, 0.25) is 0 Å². The van der Waals surface area contributed by atoms with Gasteiger partial charge in [-0.25, -0.2) is 4.98 Å². The fourth-order valence-corrected chi connectivity index (χ4v) is 2.78. The number of rotatable bonds is 3. The monoisotopic (exact) mass is 261 g/mol. The van der Waals surface area contributed by atoms with Crippen molar-refractivity contribution in [1.82, 2.24) is 9.88 Å². The third-order valence-electron chi connectivity index (χ3n) is 3.87. The second kappa shape index (κ2) is 6.55. The number of pyridine rings is 1. The van der Waals surface area contributed by atoms with Crippen molar-refractivity contribution >= 4 is 11.7 Å². The Hall–Kier alpha value is -1.58. The zero-order chi connectivity index (χ0) is 13.7. The lowest BCUT2D eigenvalue weighted by Crippen LogP contribution is -2.32. The number of carbonyl (C=O) groups excluding carboxylic acids is 1. The van der Waals surface area contributed by atoms with E-state index in [-0.39, 0.29) is 5.91 Å². The molecule has 2 rings (SSSR count). The van der Waals surface area contributed by atoms with E-state index in [0.29, 0.717) is 11.4 Å². The largest absolute Gasteiger partial charge is 0.384 e. The Labute approximate surface area is 115 Å². The molecule has 104 valence electrons. The summed E-state index contributed by atoms with van der Waals surface area (Å²) in [6.07, 6.45) is 7.58. The lowest BCUT2D eigenvalue weighted by atomic mass is 9.96. The van der Waals surface area contributed by atoms with E-state index in [1.54, 1.807) is 18.3 Å². The number of anilines is 1. The molecule has 1 aromatic heterocycles. The van der Waals surface area contributed by atoms with Crippen LogP contribution in [0.4, 0.5) is 5.82 Å². The van der Waals surface area contributed by atoms with Gasteiger partial charge in [0.15, 0.2) is 0 Å². The molecule has 1 saturated heterocycles. The first-order valence-corrected chi connectivity index (χ1v) is 7.21. The first-order chi connectivity index (χ1) is 9.20. The van der Waals surface area contributed by atoms with Crippen LogP contribution in [-0.4, -0.2) is 28.9 Å². The Kier molecular flexibility index (Phi) is 4.77. The van der Waals surface area contributed by atoms with E-state index in [1.807, 2.05) is 4.90 Å². The first kappa shape index (κ1) is 13.8. The van der Waals surface area contributed by atoms with Gasteiger partial charge in [0.05, 0.1) is 5.56 Å². The minimum atomic E-state index is 0.0876. The number of amides is 1. The third kappa shape index (κ3) is 3.69. The maximum atomic E-state index is 12.4. The Morgan fingerprint density at radius 1 is 1.42 bits per heavy atom. The molecule has 1 aliphatic heterocycles. The average molecular weight is 261 g/mol. The molecule has 0 saturated carbocycles. The van der Waals surface area contributed by atoms with Crippen LogP contribution in [0.25, 0.3) is 0 Å². The Morgan fingerprint density at radius 3 is 2.95 bits per heavy atom. The number of nitrogens with zero attached hydrogens (tertiary/aromatic N) is 2. The van der Waals surface area contributed by atoms with Gasteiger partial charge in [-0.2, -0.15) is 0 Å². The van der Waals surface area contributed by atoms with E-state index in [2.05, 4.69) is 11.9 Å². The number of likely N-dealkylation sites (tertiary alicyclic amines) is 1. The number of hydrogen-bond donors (Lipinski definition) is 1. The van der Waals surface area contributed by atoms with E-state index in [4.69, 9.17) is 5.73 Å². The van der Waals surface area contributed by atoms with Crippen molar-refractivity contribution < 1.29 is 4.79 Å². The van der Waals surface area contributed by atoms with Crippen molar-refractivity contribution in [2.24, 2.45) is 5.92 Å². The van der Waals surface area contributed by atoms with Gasteiger partial charge in [0.25, 0.3) is 5.91 Å². The maximum absolute atomic E-state index is 12.4. The highest BCUT2D eigenvalue weighted by Gasteiger charge is 2.21. The molecule has 1 amide bonds. The predicted octanol–water partition coefficient (Wildman–Crippen LogP) is 2.71. The van der Waals surface area contributed by atoms with Gasteiger partial charge in [-0.15, -0.1) is 0 Å². The van der Waals surface area contributed by atoms with E-state index in [1.165, 1.54) is 19.3 Å². The molecular formula is C15H23N3O. The smallest absolute Gasteiger partial charge is 0.255 e.